The van der Waals surface area contributed by atoms with E-state index in [1.807, 2.05) is 0 Å². The molecule has 2 aliphatic heterocycles. The number of rotatable bonds is 3. The van der Waals surface area contributed by atoms with E-state index in [2.05, 4.69) is 4.98 Å². The van der Waals surface area contributed by atoms with Crippen LogP contribution in [0.4, 0.5) is 0 Å². The highest BCUT2D eigenvalue weighted by Gasteiger charge is 3.10. The molecule has 1 aromatic rings. The van der Waals surface area contributed by atoms with E-state index >= 15 is 0 Å². The summed E-state index contributed by atoms with van der Waals surface area (Å²) < 4.78 is 11.8. The Balaban J connectivity index is 1.69. The van der Waals surface area contributed by atoms with Crippen molar-refractivity contribution in [2.75, 3.05) is 0 Å². The average molecular weight is 496 g/mol. The van der Waals surface area contributed by atoms with Gasteiger partial charge in [-0.15, -0.1) is 0 Å². The van der Waals surface area contributed by atoms with Crippen LogP contribution >= 0.6 is 0 Å². The predicted octanol–water partition coefficient (Wildman–Crippen LogP) is -1.46. The highest BCUT2D eigenvalue weighted by atomic mass is 16.7. The van der Waals surface area contributed by atoms with Crippen LogP contribution in [-0.4, -0.2) is 98.8 Å². The molecule has 6 aliphatic rings. The van der Waals surface area contributed by atoms with E-state index in [4.69, 9.17) is 9.47 Å². The summed E-state index contributed by atoms with van der Waals surface area (Å²) in [4.78, 5) is 15.8. The lowest BCUT2D eigenvalue weighted by Crippen LogP contribution is -2.76. The zero-order valence-electron chi connectivity index (χ0n) is 20.0. The average Bonchev–Trinajstić information content (AvgIpc) is 3.41. The largest absolute Gasteiger partial charge is 0.451 e. The number of esters is 1. The molecule has 1 spiro atoms. The van der Waals surface area contributed by atoms with Crippen LogP contribution in [0.15, 0.2) is 18.3 Å². The van der Waals surface area contributed by atoms with Crippen LogP contribution in [0.5, 0.6) is 0 Å². The van der Waals surface area contributed by atoms with Crippen LogP contribution in [-0.2, 0) is 9.47 Å². The van der Waals surface area contributed by atoms with Gasteiger partial charge in [0.15, 0.2) is 17.5 Å². The maximum Gasteiger partial charge on any atom is 0.355 e. The van der Waals surface area contributed by atoms with E-state index in [1.165, 1.54) is 26.1 Å². The van der Waals surface area contributed by atoms with Gasteiger partial charge in [-0.3, -0.25) is 0 Å². The lowest BCUT2D eigenvalue weighted by molar-refractivity contribution is -0.392. The number of carbonyl (C=O) groups excluding carboxylic acids is 1. The fourth-order valence-electron chi connectivity index (χ4n) is 9.35. The number of aliphatic hydroxyl groups is 7. The third-order valence-electron chi connectivity index (χ3n) is 11.0. The molecule has 11 heteroatoms. The van der Waals surface area contributed by atoms with Gasteiger partial charge in [0.05, 0.1) is 11.5 Å². The number of aromatic amines is 1. The second kappa shape index (κ2) is 5.94. The number of carbonyl (C=O) groups is 1. The first-order valence-corrected chi connectivity index (χ1v) is 12.0. The van der Waals surface area contributed by atoms with Gasteiger partial charge in [0.25, 0.3) is 0 Å². The number of ether oxygens (including phenoxy) is 2. The van der Waals surface area contributed by atoms with E-state index in [0.717, 1.165) is 0 Å². The van der Waals surface area contributed by atoms with Crippen molar-refractivity contribution in [3.8, 4) is 0 Å². The fourth-order valence-corrected chi connectivity index (χ4v) is 9.35. The second-order valence-electron chi connectivity index (χ2n) is 12.0. The Kier molecular flexibility index (Phi) is 4.04. The molecule has 0 unspecified atom stereocenters. The zero-order valence-corrected chi connectivity index (χ0v) is 20.0. The number of nitrogens with one attached hydrogen (secondary N) is 1. The Morgan fingerprint density at radius 1 is 1.17 bits per heavy atom. The Hall–Kier alpha value is -1.57. The van der Waals surface area contributed by atoms with Gasteiger partial charge in [-0.25, -0.2) is 4.79 Å². The third kappa shape index (κ3) is 1.74. The number of aliphatic hydroxyl groups excluding tert-OH is 2. The van der Waals surface area contributed by atoms with Crippen LogP contribution in [0.1, 0.15) is 57.4 Å². The second-order valence-corrected chi connectivity index (χ2v) is 12.0. The molecular formula is C24H33NO10. The van der Waals surface area contributed by atoms with Gasteiger partial charge >= 0.3 is 5.97 Å². The number of hydrogen-bond donors (Lipinski definition) is 8. The SMILES string of the molecule is CC(C)[C@@]1(O)[C@@H](OC(=O)c2ccc[nH]2)[C@@]2(O)[C@@]3(C)C[C@]4(O)O[C@@]5([C@H](O)[C@H](O)CC[C@]35O)[C@@]2(O)[C@@]14C. The van der Waals surface area contributed by atoms with Crippen molar-refractivity contribution in [2.24, 2.45) is 16.7 Å². The molecule has 0 aromatic carbocycles. The Morgan fingerprint density at radius 2 is 1.83 bits per heavy atom. The van der Waals surface area contributed by atoms with Crippen molar-refractivity contribution in [1.82, 2.24) is 4.98 Å². The van der Waals surface area contributed by atoms with E-state index in [9.17, 15) is 40.5 Å². The number of hydrogen-bond acceptors (Lipinski definition) is 10. The molecule has 2 saturated heterocycles. The summed E-state index contributed by atoms with van der Waals surface area (Å²) in [5, 5.41) is 83.9. The molecule has 35 heavy (non-hydrogen) atoms. The van der Waals surface area contributed by atoms with Gasteiger partial charge in [0.2, 0.25) is 0 Å². The van der Waals surface area contributed by atoms with Crippen LogP contribution in [0.25, 0.3) is 0 Å². The smallest absolute Gasteiger partial charge is 0.355 e. The summed E-state index contributed by atoms with van der Waals surface area (Å²) in [7, 11) is 0. The van der Waals surface area contributed by atoms with Crippen LogP contribution in [0.2, 0.25) is 0 Å². The maximum atomic E-state index is 13.1. The van der Waals surface area contributed by atoms with E-state index < -0.39 is 81.2 Å². The molecule has 0 amide bonds. The predicted molar refractivity (Wildman–Crippen MR) is 115 cm³/mol. The van der Waals surface area contributed by atoms with Gasteiger partial charge in [0.1, 0.15) is 34.2 Å². The van der Waals surface area contributed by atoms with Crippen LogP contribution < -0.4 is 0 Å². The molecule has 3 heterocycles. The maximum absolute atomic E-state index is 13.1. The lowest BCUT2D eigenvalue weighted by atomic mass is 9.52. The van der Waals surface area contributed by atoms with Crippen LogP contribution in [0, 0.1) is 16.7 Å². The topological polar surface area (TPSA) is 193 Å². The van der Waals surface area contributed by atoms with Gasteiger partial charge in [0, 0.05) is 18.0 Å². The van der Waals surface area contributed by atoms with Gasteiger partial charge < -0.3 is 50.2 Å². The summed E-state index contributed by atoms with van der Waals surface area (Å²) in [6, 6.07) is 3.00. The Labute approximate surface area is 201 Å². The molecule has 0 radical (unpaired) electrons. The molecule has 4 saturated carbocycles. The molecular weight excluding hydrogens is 462 g/mol. The molecule has 1 aromatic heterocycles. The van der Waals surface area contributed by atoms with Crippen molar-refractivity contribution in [2.45, 2.75) is 99.1 Å². The molecule has 194 valence electrons. The highest BCUT2D eigenvalue weighted by molar-refractivity contribution is 5.87. The standard InChI is InChI=1S/C24H33NO10/c1-11(2)21(31)16(34-15(28)12-6-5-9-25-12)22(32)17(3)10-20(30)18(21,4)24(22,33)23(35-20)14(27)13(26)7-8-19(17,23)29/h5-6,9,11,13-14,16,25-27,29-33H,7-8,10H2,1-4H3/t13-,14-,16-,17+,18-,19+,20+,21-,22-,23-,24-/m1/s1. The summed E-state index contributed by atoms with van der Waals surface area (Å²) >= 11 is 0. The normalized spacial score (nSPS) is 59.8. The third-order valence-corrected chi connectivity index (χ3v) is 11.0. The molecule has 6 bridgehead atoms. The summed E-state index contributed by atoms with van der Waals surface area (Å²) in [5.74, 6) is -4.11. The van der Waals surface area contributed by atoms with Crippen LogP contribution in [0.3, 0.4) is 0 Å². The lowest BCUT2D eigenvalue weighted by Gasteiger charge is -2.60. The molecule has 11 nitrogen and oxygen atoms in total. The Bertz CT molecular complexity index is 1130. The van der Waals surface area contributed by atoms with Crippen molar-refractivity contribution in [1.29, 1.82) is 0 Å². The first-order valence-electron chi connectivity index (χ1n) is 12.0. The molecule has 4 aliphatic carbocycles. The highest BCUT2D eigenvalue weighted by Crippen LogP contribution is 2.90. The van der Waals surface area contributed by atoms with E-state index in [1.54, 1.807) is 19.9 Å². The molecule has 6 fully saturated rings. The van der Waals surface area contributed by atoms with E-state index in [0.29, 0.717) is 0 Å². The minimum atomic E-state index is -2.75. The first kappa shape index (κ1) is 23.8. The van der Waals surface area contributed by atoms with Gasteiger partial charge in [-0.05, 0) is 37.8 Å². The van der Waals surface area contributed by atoms with Gasteiger partial charge in [-0.2, -0.15) is 0 Å². The molecule has 7 rings (SSSR count). The fraction of sp³-hybridized carbons (Fsp3) is 0.792. The van der Waals surface area contributed by atoms with Crippen molar-refractivity contribution < 1.29 is 50.0 Å². The number of aromatic nitrogens is 1. The zero-order chi connectivity index (χ0) is 25.8. The summed E-state index contributed by atoms with van der Waals surface area (Å²) in [6.45, 7) is 5.91. The number of H-pyrrole nitrogens is 1. The summed E-state index contributed by atoms with van der Waals surface area (Å²) in [5.41, 5.74) is -16.2. The van der Waals surface area contributed by atoms with Gasteiger partial charge in [-0.1, -0.05) is 20.8 Å². The molecule has 11 atom stereocenters. The van der Waals surface area contributed by atoms with Crippen molar-refractivity contribution >= 4 is 5.97 Å². The Morgan fingerprint density at radius 3 is 2.40 bits per heavy atom. The minimum absolute atomic E-state index is 0.0284. The van der Waals surface area contributed by atoms with E-state index in [-0.39, 0.29) is 18.5 Å². The van der Waals surface area contributed by atoms with Crippen molar-refractivity contribution in [3.63, 3.8) is 0 Å². The minimum Gasteiger partial charge on any atom is -0.451 e. The molecule has 8 N–H and O–H groups in total. The quantitative estimate of drug-likeness (QED) is 0.230. The summed E-state index contributed by atoms with van der Waals surface area (Å²) in [6.07, 6.45) is -4.42. The monoisotopic (exact) mass is 495 g/mol. The van der Waals surface area contributed by atoms with Crippen molar-refractivity contribution in [3.05, 3.63) is 24.0 Å². The first-order chi connectivity index (χ1) is 16.0.